The first-order chi connectivity index (χ1) is 30.3. The minimum atomic E-state index is -5.76. The van der Waals surface area contributed by atoms with Crippen molar-refractivity contribution < 1.29 is 70.2 Å². The van der Waals surface area contributed by atoms with Crippen LogP contribution in [0.15, 0.2) is 11.0 Å². The molecule has 10 N–H and O–H groups in total. The van der Waals surface area contributed by atoms with Crippen LogP contribution in [-0.4, -0.2) is 122 Å². The van der Waals surface area contributed by atoms with Crippen molar-refractivity contribution in [3.63, 3.8) is 0 Å². The van der Waals surface area contributed by atoms with E-state index in [-0.39, 0.29) is 81.0 Å². The molecule has 0 saturated carbocycles. The lowest BCUT2D eigenvalue weighted by Crippen LogP contribution is -2.37. The van der Waals surface area contributed by atoms with Crippen LogP contribution in [0.2, 0.25) is 0 Å². The molecule has 3 aliphatic rings. The van der Waals surface area contributed by atoms with E-state index in [2.05, 4.69) is 46.4 Å². The van der Waals surface area contributed by atoms with Crippen LogP contribution in [0.1, 0.15) is 78.5 Å². The average Bonchev–Trinajstić information content (AvgIpc) is 3.94. The highest BCUT2D eigenvalue weighted by molar-refractivity contribution is 8.77. The third-order valence-corrected chi connectivity index (χ3v) is 20.5. The summed E-state index contributed by atoms with van der Waals surface area (Å²) in [6.45, 7) is 9.75. The Bertz CT molecular complexity index is 2270. The molecule has 5 rings (SSSR count). The van der Waals surface area contributed by atoms with Gasteiger partial charge in [-0.2, -0.15) is 25.4 Å². The Hall–Kier alpha value is -1.44. The summed E-state index contributed by atoms with van der Waals surface area (Å²) in [5.74, 6) is 6.96. The summed E-state index contributed by atoms with van der Waals surface area (Å²) >= 11 is 1.86. The van der Waals surface area contributed by atoms with Gasteiger partial charge < -0.3 is 60.0 Å². The predicted molar refractivity (Wildman–Crippen MR) is 252 cm³/mol. The maximum atomic E-state index is 13.2. The molecule has 0 aliphatic carbocycles. The molecule has 366 valence electrons. The summed E-state index contributed by atoms with van der Waals surface area (Å²) in [5, 5.41) is 9.42. The van der Waals surface area contributed by atoms with Gasteiger partial charge in [-0.1, -0.05) is 82.2 Å². The Kier molecular flexibility index (Phi) is 19.7. The number of nitrogen functional groups attached to an aromatic ring is 1. The zero-order valence-corrected chi connectivity index (χ0v) is 42.6. The molecule has 0 radical (unpaired) electrons. The van der Waals surface area contributed by atoms with E-state index in [4.69, 9.17) is 34.3 Å². The number of H-pyrrole nitrogens is 1. The first kappa shape index (κ1) is 54.5. The first-order valence-corrected chi connectivity index (χ1v) is 30.1. The number of unbranched alkanes of at least 4 members (excludes halogenated alkanes) is 1. The lowest BCUT2D eigenvalue weighted by molar-refractivity contribution is -0.121. The molecule has 0 aromatic carbocycles. The Morgan fingerprint density at radius 2 is 1.80 bits per heavy atom. The molecule has 3 aliphatic heterocycles. The van der Waals surface area contributed by atoms with Gasteiger partial charge in [-0.05, 0) is 26.7 Å². The second kappa shape index (κ2) is 23.4. The van der Waals surface area contributed by atoms with Gasteiger partial charge in [0.05, 0.1) is 35.7 Å². The molecule has 3 amide bonds. The number of rotatable bonds is 24. The van der Waals surface area contributed by atoms with Crippen LogP contribution in [0.3, 0.4) is 0 Å². The second-order valence-corrected chi connectivity index (χ2v) is 28.1. The van der Waals surface area contributed by atoms with E-state index in [0.717, 1.165) is 25.0 Å². The molecular weight excluding hydrogens is 1020 g/mol. The van der Waals surface area contributed by atoms with Crippen molar-refractivity contribution in [2.75, 3.05) is 43.1 Å². The van der Waals surface area contributed by atoms with Crippen LogP contribution < -0.4 is 27.2 Å². The van der Waals surface area contributed by atoms with Gasteiger partial charge in [0.2, 0.25) is 11.9 Å². The minimum Gasteiger partial charge on any atom is -0.369 e. The highest BCUT2D eigenvalue weighted by Crippen LogP contribution is 2.66. The molecule has 2 aromatic rings. The van der Waals surface area contributed by atoms with E-state index in [0.29, 0.717) is 18.2 Å². The van der Waals surface area contributed by atoms with E-state index in [9.17, 15) is 37.9 Å². The minimum absolute atomic E-state index is 0.00408. The van der Waals surface area contributed by atoms with Gasteiger partial charge in [0.1, 0.15) is 30.8 Å². The van der Waals surface area contributed by atoms with Gasteiger partial charge in [0.25, 0.3) is 5.56 Å². The van der Waals surface area contributed by atoms with Crippen molar-refractivity contribution in [1.82, 2.24) is 30.5 Å². The number of phosphoric ester groups is 1. The standard InChI is InChI=1S/C34H54N7O16P3S5/c1-33(2,3)64-63-19-53-22-13-26(55-23(22)15-54-59(48,49)57-60(50,51)56-58(45,46)47)41-14-20(27-29(41)39-31(35)40-30(27)43)9-8-12-52-18-62-65-34(4,5)17-36-25(42)11-7-6-10-24-28-21(16-61-24)37-32(44)38-28/h14,21-24,26,28H,6-7,10-13,15-19H2,1-5H3,(H,36,42)(H,48,49)(H,50,51)(H2,37,38,44)(H2,45,46,47)(H3,35,39,40,43)/t21?,22?,23-,24?,26-,28?/m1/s1. The number of ether oxygens (including phenoxy) is 3. The fourth-order valence-electron chi connectivity index (χ4n) is 6.62. The predicted octanol–water partition coefficient (Wildman–Crippen LogP) is 4.79. The van der Waals surface area contributed by atoms with E-state index in [1.807, 2.05) is 46.4 Å². The highest BCUT2D eigenvalue weighted by atomic mass is 33.1. The number of fused-ring (bicyclic) bond motifs is 2. The zero-order chi connectivity index (χ0) is 47.8. The summed E-state index contributed by atoms with van der Waals surface area (Å²) in [4.78, 5) is 81.5. The van der Waals surface area contributed by atoms with Crippen LogP contribution in [0, 0.1) is 11.8 Å². The highest BCUT2D eigenvalue weighted by Gasteiger charge is 2.45. The number of thioether (sulfide) groups is 1. The van der Waals surface area contributed by atoms with Gasteiger partial charge in [0, 0.05) is 46.1 Å². The number of carbonyl (C=O) groups is 2. The van der Waals surface area contributed by atoms with Crippen molar-refractivity contribution in [1.29, 1.82) is 0 Å². The Morgan fingerprint density at radius 3 is 2.52 bits per heavy atom. The number of nitrogens with zero attached hydrogens (tertiary/aromatic N) is 2. The van der Waals surface area contributed by atoms with Crippen molar-refractivity contribution in [2.45, 2.75) is 112 Å². The van der Waals surface area contributed by atoms with Crippen LogP contribution in [0.5, 0.6) is 0 Å². The molecule has 2 aromatic heterocycles. The van der Waals surface area contributed by atoms with Crippen molar-refractivity contribution in [3.8, 4) is 11.8 Å². The van der Waals surface area contributed by atoms with Crippen molar-refractivity contribution in [3.05, 3.63) is 22.1 Å². The van der Waals surface area contributed by atoms with Gasteiger partial charge in [-0.3, -0.25) is 19.1 Å². The molecular formula is C34H54N7O16P3S5. The van der Waals surface area contributed by atoms with E-state index >= 15 is 0 Å². The molecule has 0 bridgehead atoms. The molecule has 6 unspecified atom stereocenters. The molecule has 31 heteroatoms. The molecule has 23 nitrogen and oxygen atoms in total. The SMILES string of the molecule is CC(C)(C)SSCOC1C[C@H](n2cc(C#CCOCSSC(C)(C)CNC(=O)CCCCC3SCC4NC(=O)NC43)c3c(=O)[nH]c(N)nc32)O[C@@H]1COP(=O)(O)OP(=O)(O)OP(=O)(O)O. The van der Waals surface area contributed by atoms with E-state index < -0.39 is 54.1 Å². The lowest BCUT2D eigenvalue weighted by atomic mass is 10.0. The summed E-state index contributed by atoms with van der Waals surface area (Å²) < 4.78 is 67.0. The summed E-state index contributed by atoms with van der Waals surface area (Å²) in [6.07, 6.45) is 1.74. The maximum Gasteiger partial charge on any atom is 0.490 e. The van der Waals surface area contributed by atoms with Crippen molar-refractivity contribution in [2.24, 2.45) is 0 Å². The fourth-order valence-corrected chi connectivity index (χ4v) is 15.3. The summed E-state index contributed by atoms with van der Waals surface area (Å²) in [6, 6.07) is 0.241. The number of amides is 3. The van der Waals surface area contributed by atoms with Gasteiger partial charge >= 0.3 is 29.5 Å². The van der Waals surface area contributed by atoms with Gasteiger partial charge in [0.15, 0.2) is 5.65 Å². The lowest BCUT2D eigenvalue weighted by Gasteiger charge is -2.23. The number of nitrogens with two attached hydrogens (primary N) is 1. The normalized spacial score (nSPS) is 24.2. The zero-order valence-electron chi connectivity index (χ0n) is 35.9. The van der Waals surface area contributed by atoms with Gasteiger partial charge in [-0.15, -0.1) is 0 Å². The number of aromatic nitrogens is 3. The molecule has 3 saturated heterocycles. The average molecular weight is 1070 g/mol. The first-order valence-electron chi connectivity index (χ1n) is 19.9. The van der Waals surface area contributed by atoms with Crippen LogP contribution in [0.4, 0.5) is 10.7 Å². The number of hydrogen-bond acceptors (Lipinski definition) is 19. The Morgan fingerprint density at radius 1 is 1.06 bits per heavy atom. The Balaban J connectivity index is 1.13. The third-order valence-electron chi connectivity index (χ3n) is 9.25. The molecule has 5 heterocycles. The number of anilines is 1. The number of phosphoric acid groups is 3. The molecule has 0 spiro atoms. The fraction of sp³-hybridized carbons (Fsp3) is 0.706. The quantitative estimate of drug-likeness (QED) is 0.0170. The summed E-state index contributed by atoms with van der Waals surface area (Å²) in [5.41, 5.74) is 5.69. The monoisotopic (exact) mass is 1070 g/mol. The topological polar surface area (TPSA) is 334 Å². The Labute approximate surface area is 395 Å². The third kappa shape index (κ3) is 17.8. The number of aromatic amines is 1. The van der Waals surface area contributed by atoms with Crippen LogP contribution in [0.25, 0.3) is 11.0 Å². The van der Waals surface area contributed by atoms with Crippen LogP contribution in [-0.2, 0) is 45.8 Å². The molecule has 3 fully saturated rings. The number of nitrogens with one attached hydrogen (secondary N) is 4. The molecule has 65 heavy (non-hydrogen) atoms. The number of hydrogen-bond donors (Lipinski definition) is 9. The van der Waals surface area contributed by atoms with E-state index in [1.165, 1.54) is 43.1 Å². The maximum absolute atomic E-state index is 13.2. The number of urea groups is 1. The smallest absolute Gasteiger partial charge is 0.369 e. The second-order valence-electron chi connectivity index (χ2n) is 16.4. The molecule has 8 atom stereocenters. The number of carbonyl (C=O) groups excluding carboxylic acids is 2. The van der Waals surface area contributed by atoms with Gasteiger partial charge in [-0.25, -0.2) is 18.5 Å². The van der Waals surface area contributed by atoms with Crippen LogP contribution >= 0.6 is 78.4 Å². The van der Waals surface area contributed by atoms with E-state index in [1.54, 1.807) is 10.8 Å². The largest absolute Gasteiger partial charge is 0.490 e. The summed E-state index contributed by atoms with van der Waals surface area (Å²) in [7, 11) is -10.9. The van der Waals surface area contributed by atoms with Crippen molar-refractivity contribution >= 4 is 107 Å².